The summed E-state index contributed by atoms with van der Waals surface area (Å²) in [6, 6.07) is 11.4. The van der Waals surface area contributed by atoms with Crippen molar-refractivity contribution in [3.05, 3.63) is 60.2 Å². The summed E-state index contributed by atoms with van der Waals surface area (Å²) in [5, 5.41) is 1.74. The summed E-state index contributed by atoms with van der Waals surface area (Å²) in [6.45, 7) is 5.24. The van der Waals surface area contributed by atoms with Crippen LogP contribution in [0, 0.1) is 0 Å². The molecule has 96 valence electrons. The monoisotopic (exact) mass is 254 g/mol. The van der Waals surface area contributed by atoms with Gasteiger partial charge in [-0.1, -0.05) is 49.9 Å². The molecule has 0 aliphatic rings. The van der Waals surface area contributed by atoms with Crippen molar-refractivity contribution in [2.75, 3.05) is 0 Å². The Morgan fingerprint density at radius 2 is 1.95 bits per heavy atom. The largest absolute Gasteiger partial charge is 0.386 e. The zero-order chi connectivity index (χ0) is 13.8. The van der Waals surface area contributed by atoms with Crippen LogP contribution in [0.5, 0.6) is 0 Å². The van der Waals surface area contributed by atoms with Crippen molar-refractivity contribution >= 4 is 22.7 Å². The van der Waals surface area contributed by atoms with E-state index < -0.39 is 11.9 Å². The van der Waals surface area contributed by atoms with Gasteiger partial charge in [0.1, 0.15) is 0 Å². The molecule has 3 nitrogen and oxygen atoms in total. The van der Waals surface area contributed by atoms with Gasteiger partial charge >= 0.3 is 11.9 Å². The minimum absolute atomic E-state index is 0.454. The first kappa shape index (κ1) is 13.0. The summed E-state index contributed by atoms with van der Waals surface area (Å²) in [7, 11) is 0. The summed E-state index contributed by atoms with van der Waals surface area (Å²) in [4.78, 5) is 23.3. The molecule has 0 radical (unpaired) electrons. The number of ether oxygens (including phenoxy) is 1. The van der Waals surface area contributed by atoms with Crippen LogP contribution in [0.1, 0.15) is 22.8 Å². The maximum Gasteiger partial charge on any atom is 0.346 e. The van der Waals surface area contributed by atoms with E-state index in [2.05, 4.69) is 6.58 Å². The third-order valence-electron chi connectivity index (χ3n) is 2.96. The molecule has 0 bridgehead atoms. The number of hydrogen-bond donors (Lipinski definition) is 0. The highest BCUT2D eigenvalue weighted by molar-refractivity contribution is 6.09. The van der Waals surface area contributed by atoms with Gasteiger partial charge in [-0.25, -0.2) is 9.59 Å². The van der Waals surface area contributed by atoms with Crippen LogP contribution in [0.15, 0.2) is 49.1 Å². The van der Waals surface area contributed by atoms with Crippen LogP contribution in [0.25, 0.3) is 10.8 Å². The van der Waals surface area contributed by atoms with E-state index in [1.165, 1.54) is 0 Å². The molecule has 0 fully saturated rings. The quantitative estimate of drug-likeness (QED) is 0.479. The standard InChI is InChI=1S/C16H14O3/c1-3-11-9-10-12-7-5-6-8-13(12)15(11)16(18)19-14(17)4-2/h4-10H,2-3H2,1H3. The van der Waals surface area contributed by atoms with Crippen molar-refractivity contribution in [3.63, 3.8) is 0 Å². The summed E-state index contributed by atoms with van der Waals surface area (Å²) < 4.78 is 4.74. The second kappa shape index (κ2) is 5.48. The number of hydrogen-bond acceptors (Lipinski definition) is 3. The highest BCUT2D eigenvalue weighted by atomic mass is 16.6. The first-order chi connectivity index (χ1) is 9.17. The fourth-order valence-electron chi connectivity index (χ4n) is 2.04. The first-order valence-electron chi connectivity index (χ1n) is 6.06. The zero-order valence-corrected chi connectivity index (χ0v) is 10.7. The molecular weight excluding hydrogens is 240 g/mol. The number of carbonyl (C=O) groups is 2. The SMILES string of the molecule is C=CC(=O)OC(=O)c1c(CC)ccc2ccccc12. The molecule has 0 heterocycles. The van der Waals surface area contributed by atoms with Crippen LogP contribution >= 0.6 is 0 Å². The summed E-state index contributed by atoms with van der Waals surface area (Å²) >= 11 is 0. The second-order valence-electron chi connectivity index (χ2n) is 4.09. The maximum atomic E-state index is 12.1. The molecule has 0 unspecified atom stereocenters. The van der Waals surface area contributed by atoms with Gasteiger partial charge in [0.2, 0.25) is 0 Å². The van der Waals surface area contributed by atoms with Gasteiger partial charge in [-0.3, -0.25) is 0 Å². The fraction of sp³-hybridized carbons (Fsp3) is 0.125. The Morgan fingerprint density at radius 3 is 2.63 bits per heavy atom. The molecule has 0 saturated carbocycles. The molecule has 2 aromatic carbocycles. The molecule has 0 aliphatic carbocycles. The van der Waals surface area contributed by atoms with Gasteiger partial charge in [-0.15, -0.1) is 0 Å². The zero-order valence-electron chi connectivity index (χ0n) is 10.7. The van der Waals surface area contributed by atoms with Crippen LogP contribution in [0.3, 0.4) is 0 Å². The molecule has 0 atom stereocenters. The van der Waals surface area contributed by atoms with Gasteiger partial charge in [-0.2, -0.15) is 0 Å². The lowest BCUT2D eigenvalue weighted by Crippen LogP contribution is -2.12. The van der Waals surface area contributed by atoms with Gasteiger partial charge in [0.15, 0.2) is 0 Å². The van der Waals surface area contributed by atoms with E-state index in [0.29, 0.717) is 12.0 Å². The van der Waals surface area contributed by atoms with Crippen molar-refractivity contribution in [1.82, 2.24) is 0 Å². The van der Waals surface area contributed by atoms with Gasteiger partial charge in [-0.05, 0) is 22.8 Å². The Morgan fingerprint density at radius 1 is 1.21 bits per heavy atom. The van der Waals surface area contributed by atoms with Crippen LogP contribution in [0.4, 0.5) is 0 Å². The van der Waals surface area contributed by atoms with E-state index in [9.17, 15) is 9.59 Å². The minimum atomic E-state index is -0.736. The van der Waals surface area contributed by atoms with E-state index in [4.69, 9.17) is 4.74 Å². The number of carbonyl (C=O) groups excluding carboxylic acids is 2. The van der Waals surface area contributed by atoms with Crippen molar-refractivity contribution in [3.8, 4) is 0 Å². The fourth-order valence-corrected chi connectivity index (χ4v) is 2.04. The Labute approximate surface area is 111 Å². The number of aryl methyl sites for hydroxylation is 1. The van der Waals surface area contributed by atoms with Crippen LogP contribution in [-0.2, 0) is 16.0 Å². The van der Waals surface area contributed by atoms with Gasteiger partial charge in [0.05, 0.1) is 5.56 Å². The topological polar surface area (TPSA) is 43.4 Å². The van der Waals surface area contributed by atoms with E-state index in [1.54, 1.807) is 0 Å². The maximum absolute atomic E-state index is 12.1. The molecular formula is C16H14O3. The molecule has 0 aliphatic heterocycles. The average Bonchev–Trinajstić information content (AvgIpc) is 2.45. The van der Waals surface area contributed by atoms with Gasteiger partial charge in [0.25, 0.3) is 0 Å². The molecule has 19 heavy (non-hydrogen) atoms. The predicted octanol–water partition coefficient (Wildman–Crippen LogP) is 3.27. The lowest BCUT2D eigenvalue weighted by Gasteiger charge is -2.10. The smallest absolute Gasteiger partial charge is 0.346 e. The molecule has 2 rings (SSSR count). The lowest BCUT2D eigenvalue weighted by atomic mass is 9.97. The molecule has 0 spiro atoms. The van der Waals surface area contributed by atoms with Crippen LogP contribution < -0.4 is 0 Å². The van der Waals surface area contributed by atoms with Crippen LogP contribution in [0.2, 0.25) is 0 Å². The van der Waals surface area contributed by atoms with Crippen molar-refractivity contribution in [2.45, 2.75) is 13.3 Å². The van der Waals surface area contributed by atoms with Crippen molar-refractivity contribution < 1.29 is 14.3 Å². The van der Waals surface area contributed by atoms with Crippen molar-refractivity contribution in [1.29, 1.82) is 0 Å². The number of benzene rings is 2. The second-order valence-corrected chi connectivity index (χ2v) is 4.09. The molecule has 0 amide bonds. The van der Waals surface area contributed by atoms with E-state index >= 15 is 0 Å². The Kier molecular flexibility index (Phi) is 3.76. The summed E-state index contributed by atoms with van der Waals surface area (Å²) in [6.07, 6.45) is 1.67. The van der Waals surface area contributed by atoms with Gasteiger partial charge in [0, 0.05) is 6.08 Å². The first-order valence-corrected chi connectivity index (χ1v) is 6.06. The lowest BCUT2D eigenvalue weighted by molar-refractivity contribution is -0.132. The number of fused-ring (bicyclic) bond motifs is 1. The number of esters is 2. The Balaban J connectivity index is 2.58. The predicted molar refractivity (Wildman–Crippen MR) is 73.9 cm³/mol. The third kappa shape index (κ3) is 2.55. The molecule has 0 aromatic heterocycles. The van der Waals surface area contributed by atoms with Crippen molar-refractivity contribution in [2.24, 2.45) is 0 Å². The summed E-state index contributed by atoms with van der Waals surface area (Å²) in [5.74, 6) is -1.36. The summed E-state index contributed by atoms with van der Waals surface area (Å²) in [5.41, 5.74) is 1.32. The molecule has 0 saturated heterocycles. The molecule has 3 heteroatoms. The molecule has 0 N–H and O–H groups in total. The highest BCUT2D eigenvalue weighted by Gasteiger charge is 2.17. The highest BCUT2D eigenvalue weighted by Crippen LogP contribution is 2.24. The van der Waals surface area contributed by atoms with Gasteiger partial charge < -0.3 is 4.74 Å². The average molecular weight is 254 g/mol. The Bertz CT molecular complexity index is 656. The molecule has 2 aromatic rings. The van der Waals surface area contributed by atoms with Crippen LogP contribution in [-0.4, -0.2) is 11.9 Å². The normalized spacial score (nSPS) is 10.2. The van der Waals surface area contributed by atoms with E-state index in [1.807, 2.05) is 43.3 Å². The van der Waals surface area contributed by atoms with E-state index in [-0.39, 0.29) is 0 Å². The number of rotatable bonds is 3. The minimum Gasteiger partial charge on any atom is -0.386 e. The third-order valence-corrected chi connectivity index (χ3v) is 2.96. The Hall–Kier alpha value is -2.42. The van der Waals surface area contributed by atoms with E-state index in [0.717, 1.165) is 22.4 Å².